The first-order chi connectivity index (χ1) is 6.60. The van der Waals surface area contributed by atoms with Crippen LogP contribution in [0.15, 0.2) is 6.07 Å². The van der Waals surface area contributed by atoms with Crippen molar-refractivity contribution in [2.45, 2.75) is 19.6 Å². The minimum atomic E-state index is -2.74. The first-order valence-electron chi connectivity index (χ1n) is 3.97. The van der Waals surface area contributed by atoms with Crippen LogP contribution in [-0.4, -0.2) is 10.1 Å². The molecular formula is C8H11F2N3O. The molecule has 1 aromatic heterocycles. The van der Waals surface area contributed by atoms with Gasteiger partial charge in [0.2, 0.25) is 0 Å². The van der Waals surface area contributed by atoms with Crippen LogP contribution in [0.25, 0.3) is 0 Å². The van der Waals surface area contributed by atoms with Gasteiger partial charge in [-0.15, -0.1) is 0 Å². The maximum absolute atomic E-state index is 12.4. The zero-order chi connectivity index (χ0) is 10.7. The van der Waals surface area contributed by atoms with Gasteiger partial charge < -0.3 is 16.6 Å². The molecule has 0 spiro atoms. The molecule has 0 saturated heterocycles. The molecule has 1 aromatic rings. The zero-order valence-electron chi connectivity index (χ0n) is 7.37. The molecule has 0 aromatic carbocycles. The van der Waals surface area contributed by atoms with Gasteiger partial charge in [0.05, 0.1) is 6.61 Å². The van der Waals surface area contributed by atoms with Crippen LogP contribution in [0, 0.1) is 0 Å². The van der Waals surface area contributed by atoms with Gasteiger partial charge in [-0.25, -0.2) is 13.8 Å². The Morgan fingerprint density at radius 1 is 1.43 bits per heavy atom. The molecule has 0 aliphatic rings. The zero-order valence-corrected chi connectivity index (χ0v) is 7.37. The van der Waals surface area contributed by atoms with E-state index in [1.165, 1.54) is 6.07 Å². The highest BCUT2D eigenvalue weighted by Gasteiger charge is 2.16. The van der Waals surface area contributed by atoms with E-state index in [0.717, 1.165) is 0 Å². The van der Waals surface area contributed by atoms with Crippen molar-refractivity contribution in [1.29, 1.82) is 0 Å². The summed E-state index contributed by atoms with van der Waals surface area (Å²) in [6.45, 7) is -0.394. The van der Waals surface area contributed by atoms with Crippen molar-refractivity contribution in [2.24, 2.45) is 5.73 Å². The van der Waals surface area contributed by atoms with E-state index in [0.29, 0.717) is 5.56 Å². The lowest BCUT2D eigenvalue weighted by Crippen LogP contribution is -2.09. The second-order valence-corrected chi connectivity index (χ2v) is 2.74. The lowest BCUT2D eigenvalue weighted by Gasteiger charge is -2.09. The molecule has 0 fully saturated rings. The van der Waals surface area contributed by atoms with E-state index < -0.39 is 18.7 Å². The van der Waals surface area contributed by atoms with Gasteiger partial charge in [-0.3, -0.25) is 0 Å². The minimum Gasteiger partial charge on any atom is -0.392 e. The number of aliphatic hydroxyl groups is 1. The molecule has 0 aliphatic heterocycles. The van der Waals surface area contributed by atoms with Crippen LogP contribution >= 0.6 is 0 Å². The molecule has 4 nitrogen and oxygen atoms in total. The van der Waals surface area contributed by atoms with Gasteiger partial charge in [-0.2, -0.15) is 0 Å². The molecule has 0 bridgehead atoms. The minimum absolute atomic E-state index is 0.0139. The number of hydrogen-bond donors (Lipinski definition) is 3. The van der Waals surface area contributed by atoms with Gasteiger partial charge in [0.15, 0.2) is 0 Å². The van der Waals surface area contributed by atoms with Crippen molar-refractivity contribution < 1.29 is 13.9 Å². The van der Waals surface area contributed by atoms with E-state index in [2.05, 4.69) is 4.98 Å². The number of alkyl halides is 2. The van der Waals surface area contributed by atoms with Crippen LogP contribution in [-0.2, 0) is 13.2 Å². The highest BCUT2D eigenvalue weighted by atomic mass is 19.3. The lowest BCUT2D eigenvalue weighted by atomic mass is 10.1. The van der Waals surface area contributed by atoms with E-state index in [1.807, 2.05) is 0 Å². The number of anilines is 1. The summed E-state index contributed by atoms with van der Waals surface area (Å²) in [7, 11) is 0. The van der Waals surface area contributed by atoms with Crippen LogP contribution < -0.4 is 11.5 Å². The third-order valence-electron chi connectivity index (χ3n) is 1.84. The van der Waals surface area contributed by atoms with Crippen molar-refractivity contribution in [3.63, 3.8) is 0 Å². The Kier molecular flexibility index (Phi) is 3.32. The van der Waals surface area contributed by atoms with E-state index in [-0.39, 0.29) is 17.9 Å². The van der Waals surface area contributed by atoms with Gasteiger partial charge in [0.1, 0.15) is 11.5 Å². The Balaban J connectivity index is 3.24. The molecule has 1 rings (SSSR count). The number of aliphatic hydroxyl groups excluding tert-OH is 1. The number of rotatable bonds is 3. The Morgan fingerprint density at radius 2 is 2.07 bits per heavy atom. The van der Waals surface area contributed by atoms with Gasteiger partial charge in [0, 0.05) is 17.7 Å². The van der Waals surface area contributed by atoms with Gasteiger partial charge >= 0.3 is 0 Å². The number of aromatic nitrogens is 1. The molecule has 0 aliphatic carbocycles. The first kappa shape index (κ1) is 10.8. The highest BCUT2D eigenvalue weighted by molar-refractivity contribution is 5.43. The monoisotopic (exact) mass is 203 g/mol. The third kappa shape index (κ3) is 1.97. The standard InChI is InChI=1S/C8H11F2N3O/c9-7(10)6-5(3-14)1-4(2-11)8(12)13-6/h1,7,14H,2-3,11H2,(H2,12,13). The largest absolute Gasteiger partial charge is 0.392 e. The number of pyridine rings is 1. The number of nitrogen functional groups attached to an aromatic ring is 1. The molecular weight excluding hydrogens is 192 g/mol. The number of halogens is 2. The lowest BCUT2D eigenvalue weighted by molar-refractivity contribution is 0.141. The van der Waals surface area contributed by atoms with Crippen LogP contribution in [0.5, 0.6) is 0 Å². The summed E-state index contributed by atoms with van der Waals surface area (Å²) in [5, 5.41) is 8.82. The molecule has 78 valence electrons. The third-order valence-corrected chi connectivity index (χ3v) is 1.84. The molecule has 14 heavy (non-hydrogen) atoms. The second-order valence-electron chi connectivity index (χ2n) is 2.74. The molecule has 0 saturated carbocycles. The summed E-state index contributed by atoms with van der Waals surface area (Å²) < 4.78 is 24.7. The summed E-state index contributed by atoms with van der Waals surface area (Å²) in [5.41, 5.74) is 10.7. The Hall–Kier alpha value is -1.27. The fourth-order valence-electron chi connectivity index (χ4n) is 1.11. The highest BCUT2D eigenvalue weighted by Crippen LogP contribution is 2.24. The maximum atomic E-state index is 12.4. The first-order valence-corrected chi connectivity index (χ1v) is 3.97. The Bertz CT molecular complexity index is 331. The van der Waals surface area contributed by atoms with E-state index >= 15 is 0 Å². The van der Waals surface area contributed by atoms with Crippen molar-refractivity contribution in [3.05, 3.63) is 22.9 Å². The summed E-state index contributed by atoms with van der Waals surface area (Å²) in [6.07, 6.45) is -2.74. The summed E-state index contributed by atoms with van der Waals surface area (Å²) in [4.78, 5) is 3.50. The van der Waals surface area contributed by atoms with Crippen LogP contribution in [0.3, 0.4) is 0 Å². The van der Waals surface area contributed by atoms with Crippen LogP contribution in [0.4, 0.5) is 14.6 Å². The van der Waals surface area contributed by atoms with E-state index in [9.17, 15) is 8.78 Å². The van der Waals surface area contributed by atoms with E-state index in [1.54, 1.807) is 0 Å². The maximum Gasteiger partial charge on any atom is 0.280 e. The molecule has 0 radical (unpaired) electrons. The Morgan fingerprint density at radius 3 is 2.50 bits per heavy atom. The molecule has 0 unspecified atom stereocenters. The molecule has 1 heterocycles. The smallest absolute Gasteiger partial charge is 0.280 e. The van der Waals surface area contributed by atoms with Gasteiger partial charge in [-0.1, -0.05) is 0 Å². The normalized spacial score (nSPS) is 10.9. The van der Waals surface area contributed by atoms with Gasteiger partial charge in [0.25, 0.3) is 6.43 Å². The quantitative estimate of drug-likeness (QED) is 0.669. The fourth-order valence-corrected chi connectivity index (χ4v) is 1.11. The van der Waals surface area contributed by atoms with Crippen molar-refractivity contribution in [3.8, 4) is 0 Å². The second kappa shape index (κ2) is 4.30. The number of nitrogens with two attached hydrogens (primary N) is 2. The van der Waals surface area contributed by atoms with Gasteiger partial charge in [-0.05, 0) is 6.07 Å². The molecule has 0 amide bonds. The number of nitrogens with zero attached hydrogens (tertiary/aromatic N) is 1. The Labute approximate surface area is 79.6 Å². The molecule has 6 heteroatoms. The SMILES string of the molecule is NCc1cc(CO)c(C(F)F)nc1N. The topological polar surface area (TPSA) is 85.2 Å². The molecule has 5 N–H and O–H groups in total. The van der Waals surface area contributed by atoms with E-state index in [4.69, 9.17) is 16.6 Å². The fraction of sp³-hybridized carbons (Fsp3) is 0.375. The predicted molar refractivity (Wildman–Crippen MR) is 47.4 cm³/mol. The summed E-state index contributed by atoms with van der Waals surface area (Å²) in [5.74, 6) is -0.0139. The van der Waals surface area contributed by atoms with Crippen molar-refractivity contribution in [2.75, 3.05) is 5.73 Å². The summed E-state index contributed by atoms with van der Waals surface area (Å²) in [6, 6.07) is 1.35. The summed E-state index contributed by atoms with van der Waals surface area (Å²) >= 11 is 0. The average molecular weight is 203 g/mol. The number of hydrogen-bond acceptors (Lipinski definition) is 4. The predicted octanol–water partition coefficient (Wildman–Crippen LogP) is 0.552. The van der Waals surface area contributed by atoms with Crippen molar-refractivity contribution >= 4 is 5.82 Å². The van der Waals surface area contributed by atoms with Crippen LogP contribution in [0.2, 0.25) is 0 Å². The molecule has 0 atom stereocenters. The van der Waals surface area contributed by atoms with Crippen molar-refractivity contribution in [1.82, 2.24) is 4.98 Å². The average Bonchev–Trinajstić information content (AvgIpc) is 2.17. The van der Waals surface area contributed by atoms with Crippen LogP contribution in [0.1, 0.15) is 23.2 Å².